The lowest BCUT2D eigenvalue weighted by Crippen LogP contribution is -2.42. The van der Waals surface area contributed by atoms with Crippen molar-refractivity contribution >= 4 is 15.7 Å². The molecule has 138 valence electrons. The molecule has 0 spiro atoms. The van der Waals surface area contributed by atoms with Crippen LogP contribution in [0.1, 0.15) is 25.0 Å². The molecule has 0 aliphatic carbocycles. The number of fused-ring (bicyclic) bond motifs is 5. The van der Waals surface area contributed by atoms with Crippen LogP contribution in [0.15, 0.2) is 30.4 Å². The average Bonchev–Trinajstić information content (AvgIpc) is 3.09. The molecule has 0 aromatic heterocycles. The van der Waals surface area contributed by atoms with Gasteiger partial charge in [-0.05, 0) is 32.0 Å². The molecule has 2 saturated heterocycles. The van der Waals surface area contributed by atoms with Crippen LogP contribution in [-0.4, -0.2) is 31.4 Å². The van der Waals surface area contributed by atoms with Gasteiger partial charge in [0.05, 0.1) is 28.5 Å². The van der Waals surface area contributed by atoms with E-state index in [9.17, 15) is 21.6 Å². The van der Waals surface area contributed by atoms with E-state index in [1.165, 1.54) is 12.1 Å². The molecule has 3 heterocycles. The highest BCUT2D eigenvalue weighted by Crippen LogP contribution is 2.56. The first-order valence-electron chi connectivity index (χ1n) is 7.96. The van der Waals surface area contributed by atoms with Gasteiger partial charge in [-0.3, -0.25) is 4.31 Å². The summed E-state index contributed by atoms with van der Waals surface area (Å²) in [6.45, 7) is 3.51. The standard InChI is InChI=1S/C17H15F3N2O3S/c1-15-5-6-16(2,25-15)14-13(15)9-22(26(14,23)24)11-4-3-10(8-21)12(7-11)17(18,19)20/h3-7,13-14H,9H2,1-2H3/t13-,14-,15+,16-/m0/s1. The number of hydrogen-bond donors (Lipinski definition) is 0. The highest BCUT2D eigenvalue weighted by Gasteiger charge is 2.69. The zero-order valence-corrected chi connectivity index (χ0v) is 14.7. The molecule has 0 radical (unpaired) electrons. The number of anilines is 1. The molecule has 3 aliphatic rings. The molecule has 0 N–H and O–H groups in total. The van der Waals surface area contributed by atoms with Crippen LogP contribution < -0.4 is 4.31 Å². The first-order chi connectivity index (χ1) is 11.9. The van der Waals surface area contributed by atoms with Gasteiger partial charge in [0, 0.05) is 12.5 Å². The van der Waals surface area contributed by atoms with Gasteiger partial charge in [0.2, 0.25) is 10.0 Å². The molecule has 2 bridgehead atoms. The second-order valence-electron chi connectivity index (χ2n) is 7.25. The number of nitriles is 1. The van der Waals surface area contributed by atoms with Crippen molar-refractivity contribution in [3.63, 3.8) is 0 Å². The molecule has 1 aromatic carbocycles. The first-order valence-corrected chi connectivity index (χ1v) is 9.46. The van der Waals surface area contributed by atoms with Gasteiger partial charge in [-0.1, -0.05) is 12.2 Å². The van der Waals surface area contributed by atoms with Crippen LogP contribution in [0.5, 0.6) is 0 Å². The summed E-state index contributed by atoms with van der Waals surface area (Å²) >= 11 is 0. The predicted molar refractivity (Wildman–Crippen MR) is 86.7 cm³/mol. The van der Waals surface area contributed by atoms with E-state index in [-0.39, 0.29) is 18.2 Å². The van der Waals surface area contributed by atoms with Gasteiger partial charge in [0.25, 0.3) is 0 Å². The molecule has 9 heteroatoms. The third-order valence-corrected chi connectivity index (χ3v) is 7.97. The van der Waals surface area contributed by atoms with Gasteiger partial charge in [-0.25, -0.2) is 8.42 Å². The van der Waals surface area contributed by atoms with Crippen LogP contribution in [0.4, 0.5) is 18.9 Å². The van der Waals surface area contributed by atoms with E-state index in [1.807, 2.05) is 6.08 Å². The maximum absolute atomic E-state index is 13.2. The number of ether oxygens (including phenoxy) is 1. The summed E-state index contributed by atoms with van der Waals surface area (Å²) in [6, 6.07) is 4.48. The fourth-order valence-corrected chi connectivity index (χ4v) is 6.94. The molecular weight excluding hydrogens is 369 g/mol. The Hall–Kier alpha value is -2.05. The lowest BCUT2D eigenvalue weighted by molar-refractivity contribution is -0.137. The Bertz CT molecular complexity index is 982. The topological polar surface area (TPSA) is 70.4 Å². The van der Waals surface area contributed by atoms with Gasteiger partial charge in [-0.2, -0.15) is 18.4 Å². The third kappa shape index (κ3) is 2.09. The van der Waals surface area contributed by atoms with Crippen molar-refractivity contribution in [3.05, 3.63) is 41.5 Å². The normalized spacial score (nSPS) is 37.0. The number of nitrogens with zero attached hydrogens (tertiary/aromatic N) is 2. The van der Waals surface area contributed by atoms with Crippen molar-refractivity contribution in [2.45, 2.75) is 36.5 Å². The number of rotatable bonds is 1. The summed E-state index contributed by atoms with van der Waals surface area (Å²) < 4.78 is 72.8. The van der Waals surface area contributed by atoms with Crippen LogP contribution in [0, 0.1) is 17.2 Å². The van der Waals surface area contributed by atoms with Gasteiger partial charge in [-0.15, -0.1) is 0 Å². The zero-order chi connectivity index (χ0) is 19.1. The number of hydrogen-bond acceptors (Lipinski definition) is 4. The number of benzene rings is 1. The van der Waals surface area contributed by atoms with Gasteiger partial charge in [0.1, 0.15) is 10.9 Å². The summed E-state index contributed by atoms with van der Waals surface area (Å²) in [5, 5.41) is 8.06. The van der Waals surface area contributed by atoms with E-state index in [0.29, 0.717) is 0 Å². The number of alkyl halides is 3. The Morgan fingerprint density at radius 1 is 1.27 bits per heavy atom. The Balaban J connectivity index is 1.81. The Morgan fingerprint density at radius 2 is 1.92 bits per heavy atom. The van der Waals surface area contributed by atoms with Crippen molar-refractivity contribution in [1.82, 2.24) is 0 Å². The molecule has 2 fully saturated rings. The highest BCUT2D eigenvalue weighted by molar-refractivity contribution is 7.93. The van der Waals surface area contributed by atoms with Crippen LogP contribution in [0.3, 0.4) is 0 Å². The fraction of sp³-hybridized carbons (Fsp3) is 0.471. The summed E-state index contributed by atoms with van der Waals surface area (Å²) in [4.78, 5) is 0. The number of halogens is 3. The van der Waals surface area contributed by atoms with E-state index in [4.69, 9.17) is 10.00 Å². The lowest BCUT2D eigenvalue weighted by Gasteiger charge is -2.27. The Morgan fingerprint density at radius 3 is 2.50 bits per heavy atom. The molecule has 0 saturated carbocycles. The predicted octanol–water partition coefficient (Wildman–Crippen LogP) is 2.83. The van der Waals surface area contributed by atoms with Gasteiger partial charge < -0.3 is 4.74 Å². The second-order valence-corrected chi connectivity index (χ2v) is 9.22. The molecule has 0 amide bonds. The van der Waals surface area contributed by atoms with E-state index >= 15 is 0 Å². The van der Waals surface area contributed by atoms with Crippen LogP contribution >= 0.6 is 0 Å². The van der Waals surface area contributed by atoms with E-state index in [2.05, 4.69) is 0 Å². The smallest absolute Gasteiger partial charge is 0.359 e. The second kappa shape index (κ2) is 4.81. The average molecular weight is 384 g/mol. The molecule has 4 rings (SSSR count). The van der Waals surface area contributed by atoms with E-state index < -0.39 is 43.8 Å². The quantitative estimate of drug-likeness (QED) is 0.698. The van der Waals surface area contributed by atoms with E-state index in [0.717, 1.165) is 16.4 Å². The maximum atomic E-state index is 13.2. The molecule has 0 unspecified atom stereocenters. The lowest BCUT2D eigenvalue weighted by atomic mass is 9.80. The monoisotopic (exact) mass is 384 g/mol. The van der Waals surface area contributed by atoms with Gasteiger partial charge in [0.15, 0.2) is 0 Å². The van der Waals surface area contributed by atoms with Crippen LogP contribution in [0.2, 0.25) is 0 Å². The number of sulfonamides is 1. The Kier molecular flexibility index (Phi) is 3.21. The summed E-state index contributed by atoms with van der Waals surface area (Å²) in [7, 11) is -3.92. The molecule has 3 aliphatic heterocycles. The molecule has 4 atom stereocenters. The summed E-state index contributed by atoms with van der Waals surface area (Å²) in [5.74, 6) is -0.382. The van der Waals surface area contributed by atoms with Crippen molar-refractivity contribution < 1.29 is 26.3 Å². The van der Waals surface area contributed by atoms with Crippen molar-refractivity contribution in [3.8, 4) is 6.07 Å². The largest absolute Gasteiger partial charge is 0.417 e. The molecular formula is C17H15F3N2O3S. The minimum Gasteiger partial charge on any atom is -0.359 e. The summed E-state index contributed by atoms with van der Waals surface area (Å²) in [5.41, 5.74) is -3.52. The van der Waals surface area contributed by atoms with E-state index in [1.54, 1.807) is 19.9 Å². The van der Waals surface area contributed by atoms with Crippen LogP contribution in [0.25, 0.3) is 0 Å². The fourth-order valence-electron chi connectivity index (χ4n) is 4.40. The first kappa shape index (κ1) is 17.4. The van der Waals surface area contributed by atoms with Crippen molar-refractivity contribution in [2.75, 3.05) is 10.8 Å². The molecule has 26 heavy (non-hydrogen) atoms. The minimum atomic E-state index is -4.75. The third-order valence-electron chi connectivity index (χ3n) is 5.56. The van der Waals surface area contributed by atoms with Gasteiger partial charge >= 0.3 is 6.18 Å². The molecule has 1 aromatic rings. The molecule has 5 nitrogen and oxygen atoms in total. The summed E-state index contributed by atoms with van der Waals surface area (Å²) in [6.07, 6.45) is -1.20. The Labute approximate surface area is 148 Å². The minimum absolute atomic E-state index is 0.0344. The van der Waals surface area contributed by atoms with Crippen molar-refractivity contribution in [1.29, 1.82) is 5.26 Å². The zero-order valence-electron chi connectivity index (χ0n) is 13.9. The highest BCUT2D eigenvalue weighted by atomic mass is 32.2. The van der Waals surface area contributed by atoms with Crippen molar-refractivity contribution in [2.24, 2.45) is 5.92 Å². The SMILES string of the molecule is C[C@]12C=C[C@](C)(O1)[C@@H]1[C@@H]2CN(c2ccc(C#N)c(C(F)(F)F)c2)S1(=O)=O. The van der Waals surface area contributed by atoms with Crippen LogP contribution in [-0.2, 0) is 20.9 Å². The maximum Gasteiger partial charge on any atom is 0.417 e.